The molecule has 0 spiro atoms. The first-order valence-corrected chi connectivity index (χ1v) is 8.39. The van der Waals surface area contributed by atoms with Gasteiger partial charge in [-0.05, 0) is 26.2 Å². The summed E-state index contributed by atoms with van der Waals surface area (Å²) in [6.45, 7) is 4.87. The Hall–Kier alpha value is -1.44. The molecule has 3 rings (SSSR count). The van der Waals surface area contributed by atoms with E-state index >= 15 is 0 Å². The summed E-state index contributed by atoms with van der Waals surface area (Å²) < 4.78 is 18.8. The number of rotatable bonds is 7. The van der Waals surface area contributed by atoms with Crippen molar-refractivity contribution in [3.63, 3.8) is 0 Å². The van der Waals surface area contributed by atoms with Crippen LogP contribution in [0.15, 0.2) is 12.4 Å². The molecule has 2 fully saturated rings. The Morgan fingerprint density at radius 2 is 2.35 bits per heavy atom. The SMILES string of the molecule is CCn1ccnc1[C@H]1OCC[C@@H]1NC(=O)COCC1CCCO1. The van der Waals surface area contributed by atoms with Crippen molar-refractivity contribution in [2.24, 2.45) is 0 Å². The number of hydrogen-bond donors (Lipinski definition) is 1. The first kappa shape index (κ1) is 16.4. The van der Waals surface area contributed by atoms with Crippen LogP contribution in [0.25, 0.3) is 0 Å². The summed E-state index contributed by atoms with van der Waals surface area (Å²) in [5.74, 6) is 0.758. The average molecular weight is 323 g/mol. The Morgan fingerprint density at radius 3 is 3.13 bits per heavy atom. The van der Waals surface area contributed by atoms with Crippen molar-refractivity contribution < 1.29 is 19.0 Å². The minimum atomic E-state index is -0.188. The number of amides is 1. The largest absolute Gasteiger partial charge is 0.376 e. The van der Waals surface area contributed by atoms with Crippen LogP contribution >= 0.6 is 0 Å². The molecule has 1 aromatic rings. The van der Waals surface area contributed by atoms with Crippen LogP contribution in [-0.4, -0.2) is 54.0 Å². The Labute approximate surface area is 136 Å². The molecule has 1 N–H and O–H groups in total. The van der Waals surface area contributed by atoms with Crippen molar-refractivity contribution in [2.75, 3.05) is 26.4 Å². The van der Waals surface area contributed by atoms with Crippen molar-refractivity contribution in [3.8, 4) is 0 Å². The van der Waals surface area contributed by atoms with Crippen LogP contribution in [0, 0.1) is 0 Å². The molecule has 0 aliphatic carbocycles. The highest BCUT2D eigenvalue weighted by Gasteiger charge is 2.33. The maximum atomic E-state index is 12.1. The highest BCUT2D eigenvalue weighted by molar-refractivity contribution is 5.77. The molecular weight excluding hydrogens is 298 g/mol. The fourth-order valence-corrected chi connectivity index (χ4v) is 3.14. The number of aromatic nitrogens is 2. The lowest BCUT2D eigenvalue weighted by Crippen LogP contribution is -2.40. The van der Waals surface area contributed by atoms with E-state index in [0.29, 0.717) is 13.2 Å². The van der Waals surface area contributed by atoms with Crippen LogP contribution in [-0.2, 0) is 25.5 Å². The third kappa shape index (κ3) is 4.10. The van der Waals surface area contributed by atoms with E-state index in [-0.39, 0.29) is 30.8 Å². The molecular formula is C16H25N3O4. The van der Waals surface area contributed by atoms with Gasteiger partial charge in [-0.2, -0.15) is 0 Å². The van der Waals surface area contributed by atoms with Gasteiger partial charge >= 0.3 is 0 Å². The highest BCUT2D eigenvalue weighted by atomic mass is 16.5. The van der Waals surface area contributed by atoms with Crippen LogP contribution < -0.4 is 5.32 Å². The van der Waals surface area contributed by atoms with Gasteiger partial charge in [0, 0.05) is 32.2 Å². The fraction of sp³-hybridized carbons (Fsp3) is 0.750. The summed E-state index contributed by atoms with van der Waals surface area (Å²) in [5.41, 5.74) is 0. The zero-order valence-electron chi connectivity index (χ0n) is 13.6. The topological polar surface area (TPSA) is 74.6 Å². The Kier molecular flexibility index (Phi) is 5.64. The van der Waals surface area contributed by atoms with Crippen molar-refractivity contribution in [1.82, 2.24) is 14.9 Å². The number of hydrogen-bond acceptors (Lipinski definition) is 5. The van der Waals surface area contributed by atoms with Crippen LogP contribution in [0.4, 0.5) is 0 Å². The lowest BCUT2D eigenvalue weighted by atomic mass is 10.1. The lowest BCUT2D eigenvalue weighted by molar-refractivity contribution is -0.128. The lowest BCUT2D eigenvalue weighted by Gasteiger charge is -2.20. The predicted molar refractivity (Wildman–Crippen MR) is 82.9 cm³/mol. The van der Waals surface area contributed by atoms with Crippen LogP contribution in [0.5, 0.6) is 0 Å². The second-order valence-corrected chi connectivity index (χ2v) is 5.98. The smallest absolute Gasteiger partial charge is 0.246 e. The summed E-state index contributed by atoms with van der Waals surface area (Å²) in [5, 5.41) is 3.01. The Morgan fingerprint density at radius 1 is 1.43 bits per heavy atom. The van der Waals surface area contributed by atoms with E-state index in [4.69, 9.17) is 14.2 Å². The van der Waals surface area contributed by atoms with Gasteiger partial charge in [0.1, 0.15) is 18.5 Å². The monoisotopic (exact) mass is 323 g/mol. The van der Waals surface area contributed by atoms with Gasteiger partial charge in [0.2, 0.25) is 5.91 Å². The molecule has 7 nitrogen and oxygen atoms in total. The van der Waals surface area contributed by atoms with Gasteiger partial charge in [-0.3, -0.25) is 4.79 Å². The molecule has 1 unspecified atom stereocenters. The van der Waals surface area contributed by atoms with Crippen molar-refractivity contribution in [3.05, 3.63) is 18.2 Å². The van der Waals surface area contributed by atoms with Gasteiger partial charge in [-0.1, -0.05) is 0 Å². The molecule has 3 atom stereocenters. The molecule has 0 saturated carbocycles. The maximum absolute atomic E-state index is 12.1. The molecule has 0 radical (unpaired) electrons. The van der Waals surface area contributed by atoms with Crippen LogP contribution in [0.1, 0.15) is 38.1 Å². The molecule has 2 aliphatic heterocycles. The first-order valence-electron chi connectivity index (χ1n) is 8.39. The predicted octanol–water partition coefficient (Wildman–Crippen LogP) is 1.04. The third-order valence-electron chi connectivity index (χ3n) is 4.34. The fourth-order valence-electron chi connectivity index (χ4n) is 3.14. The summed E-state index contributed by atoms with van der Waals surface area (Å²) in [7, 11) is 0. The molecule has 23 heavy (non-hydrogen) atoms. The number of carbonyl (C=O) groups excluding carboxylic acids is 1. The van der Waals surface area contributed by atoms with Gasteiger partial charge in [0.25, 0.3) is 0 Å². The van der Waals surface area contributed by atoms with E-state index in [0.717, 1.165) is 38.2 Å². The number of carbonyl (C=O) groups is 1. The van der Waals surface area contributed by atoms with E-state index in [9.17, 15) is 4.79 Å². The van der Waals surface area contributed by atoms with Crippen molar-refractivity contribution in [1.29, 1.82) is 0 Å². The van der Waals surface area contributed by atoms with Gasteiger partial charge in [-0.15, -0.1) is 0 Å². The van der Waals surface area contributed by atoms with Crippen molar-refractivity contribution in [2.45, 2.75) is 51.0 Å². The molecule has 1 amide bonds. The second-order valence-electron chi connectivity index (χ2n) is 5.98. The number of ether oxygens (including phenoxy) is 3. The minimum absolute atomic E-state index is 0.0541. The number of nitrogens with one attached hydrogen (secondary N) is 1. The molecule has 0 aromatic carbocycles. The number of nitrogens with zero attached hydrogens (tertiary/aromatic N) is 2. The van der Waals surface area contributed by atoms with Crippen molar-refractivity contribution >= 4 is 5.91 Å². The van der Waals surface area contributed by atoms with E-state index in [1.807, 2.05) is 10.8 Å². The normalized spacial score (nSPS) is 27.4. The van der Waals surface area contributed by atoms with Gasteiger partial charge in [0.05, 0.1) is 18.8 Å². The summed E-state index contributed by atoms with van der Waals surface area (Å²) in [6, 6.07) is -0.0541. The number of imidazole rings is 1. The maximum Gasteiger partial charge on any atom is 0.246 e. The molecule has 3 heterocycles. The van der Waals surface area contributed by atoms with Gasteiger partial charge < -0.3 is 24.1 Å². The average Bonchev–Trinajstić information content (AvgIpc) is 3.28. The summed E-state index contributed by atoms with van der Waals surface area (Å²) >= 11 is 0. The molecule has 7 heteroatoms. The zero-order valence-corrected chi connectivity index (χ0v) is 13.6. The quantitative estimate of drug-likeness (QED) is 0.812. The Balaban J connectivity index is 1.47. The van der Waals surface area contributed by atoms with Gasteiger partial charge in [-0.25, -0.2) is 4.98 Å². The Bertz CT molecular complexity index is 513. The van der Waals surface area contributed by atoms with Crippen LogP contribution in [0.2, 0.25) is 0 Å². The molecule has 2 aliphatic rings. The number of aryl methyl sites for hydroxylation is 1. The van der Waals surface area contributed by atoms with E-state index in [2.05, 4.69) is 17.2 Å². The summed E-state index contributed by atoms with van der Waals surface area (Å²) in [4.78, 5) is 16.5. The highest BCUT2D eigenvalue weighted by Crippen LogP contribution is 2.28. The van der Waals surface area contributed by atoms with E-state index in [1.165, 1.54) is 0 Å². The standard InChI is InChI=1S/C16H25N3O4/c1-2-19-7-6-17-16(19)15-13(5-9-23-15)18-14(20)11-21-10-12-4-3-8-22-12/h6-7,12-13,15H,2-5,8-11H2,1H3,(H,18,20)/t12?,13-,15-/m0/s1. The molecule has 0 bridgehead atoms. The molecule has 128 valence electrons. The van der Waals surface area contributed by atoms with E-state index in [1.54, 1.807) is 6.20 Å². The second kappa shape index (κ2) is 7.90. The molecule has 2 saturated heterocycles. The van der Waals surface area contributed by atoms with E-state index < -0.39 is 0 Å². The molecule has 1 aromatic heterocycles. The third-order valence-corrected chi connectivity index (χ3v) is 4.34. The van der Waals surface area contributed by atoms with Gasteiger partial charge in [0.15, 0.2) is 0 Å². The zero-order chi connectivity index (χ0) is 16.1. The minimum Gasteiger partial charge on any atom is -0.376 e. The van der Waals surface area contributed by atoms with Crippen LogP contribution in [0.3, 0.4) is 0 Å². The first-order chi connectivity index (χ1) is 11.3. The summed E-state index contributed by atoms with van der Waals surface area (Å²) in [6.07, 6.45) is 6.53.